The summed E-state index contributed by atoms with van der Waals surface area (Å²) in [6, 6.07) is 1.18. The molecular weight excluding hydrogens is 443 g/mol. The minimum atomic E-state index is -4.18. The third-order valence-corrected chi connectivity index (χ3v) is 7.86. The van der Waals surface area contributed by atoms with Crippen LogP contribution in [0.15, 0.2) is 23.0 Å². The molecule has 32 heavy (non-hydrogen) atoms. The van der Waals surface area contributed by atoms with Gasteiger partial charge in [-0.3, -0.25) is 0 Å². The van der Waals surface area contributed by atoms with Gasteiger partial charge < -0.3 is 14.6 Å². The second-order valence-corrected chi connectivity index (χ2v) is 9.86. The molecule has 0 saturated carbocycles. The molecule has 2 heterocycles. The standard InChI is InChI=1S/C21H26N4O5S.Na.H/c26-21(23-20-18-5-1-3-14(18)11-15-4-2-6-19(15)20)24-31(27,28)25(17-12-22-30-13-17)16-7-9-29-10-8-16;;/h11-13,16H,1-10H2,(H2,23,24,26);;. The van der Waals surface area contributed by atoms with Gasteiger partial charge in [0, 0.05) is 18.9 Å². The van der Waals surface area contributed by atoms with Crippen LogP contribution in [0.3, 0.4) is 0 Å². The van der Waals surface area contributed by atoms with Crippen molar-refractivity contribution >= 4 is 57.2 Å². The molecule has 2 aromatic rings. The first-order valence-electron chi connectivity index (χ1n) is 10.8. The van der Waals surface area contributed by atoms with Crippen molar-refractivity contribution in [2.75, 3.05) is 22.8 Å². The van der Waals surface area contributed by atoms with Gasteiger partial charge in [0.25, 0.3) is 0 Å². The number of hydrogen-bond acceptors (Lipinski definition) is 6. The predicted molar refractivity (Wildman–Crippen MR) is 122 cm³/mol. The fourth-order valence-electron chi connectivity index (χ4n) is 5.05. The summed E-state index contributed by atoms with van der Waals surface area (Å²) in [5.74, 6) is 0. The number of anilines is 2. The molecule has 2 amide bonds. The third kappa shape index (κ3) is 4.56. The van der Waals surface area contributed by atoms with Gasteiger partial charge in [-0.15, -0.1) is 0 Å². The second kappa shape index (κ2) is 9.72. The number of benzene rings is 1. The average molecular weight is 471 g/mol. The first kappa shape index (κ1) is 23.6. The molecule has 168 valence electrons. The number of urea groups is 1. The first-order valence-corrected chi connectivity index (χ1v) is 12.2. The van der Waals surface area contributed by atoms with E-state index in [2.05, 4.69) is 21.3 Å². The van der Waals surface area contributed by atoms with Crippen LogP contribution in [0.5, 0.6) is 0 Å². The summed E-state index contributed by atoms with van der Waals surface area (Å²) >= 11 is 0. The molecule has 3 aliphatic rings. The van der Waals surface area contributed by atoms with Crippen molar-refractivity contribution in [3.05, 3.63) is 40.8 Å². The van der Waals surface area contributed by atoms with E-state index in [1.807, 2.05) is 0 Å². The molecule has 2 aliphatic carbocycles. The molecule has 0 spiro atoms. The maximum absolute atomic E-state index is 13.2. The Labute approximate surface area is 209 Å². The summed E-state index contributed by atoms with van der Waals surface area (Å²) in [7, 11) is -4.18. The average Bonchev–Trinajstić information content (AvgIpc) is 3.50. The molecule has 1 aromatic heterocycles. The number of nitrogens with one attached hydrogen (secondary N) is 2. The Morgan fingerprint density at radius 1 is 1.06 bits per heavy atom. The zero-order valence-electron chi connectivity index (χ0n) is 17.2. The molecule has 1 fully saturated rings. The number of carbonyl (C=O) groups excluding carboxylic acids is 1. The Balaban J connectivity index is 0.00000245. The van der Waals surface area contributed by atoms with Crippen LogP contribution in [-0.4, -0.2) is 68.4 Å². The van der Waals surface area contributed by atoms with E-state index in [0.717, 1.165) is 55.3 Å². The van der Waals surface area contributed by atoms with Crippen LogP contribution in [0.1, 0.15) is 47.9 Å². The molecule has 0 atom stereocenters. The molecule has 5 rings (SSSR count). The number of fused-ring (bicyclic) bond motifs is 2. The number of ether oxygens (including phenoxy) is 1. The Morgan fingerprint density at radius 3 is 2.31 bits per heavy atom. The maximum atomic E-state index is 13.2. The number of aryl methyl sites for hydroxylation is 2. The van der Waals surface area contributed by atoms with Crippen LogP contribution < -0.4 is 14.3 Å². The van der Waals surface area contributed by atoms with Crippen molar-refractivity contribution < 1.29 is 22.5 Å². The van der Waals surface area contributed by atoms with Gasteiger partial charge in [0.2, 0.25) is 0 Å². The summed E-state index contributed by atoms with van der Waals surface area (Å²) in [5, 5.41) is 6.52. The van der Waals surface area contributed by atoms with Crippen molar-refractivity contribution in [3.63, 3.8) is 0 Å². The van der Waals surface area contributed by atoms with Crippen molar-refractivity contribution in [3.8, 4) is 0 Å². The zero-order chi connectivity index (χ0) is 21.4. The number of hydrogen-bond donors (Lipinski definition) is 2. The van der Waals surface area contributed by atoms with Gasteiger partial charge in [0.05, 0.1) is 12.2 Å². The van der Waals surface area contributed by atoms with E-state index in [-0.39, 0.29) is 41.3 Å². The SMILES string of the molecule is O=C(Nc1c2c(cc3c1CCC3)CCC2)NS(=O)(=O)N(c1cnoc1)C1CCOCC1.[NaH]. The van der Waals surface area contributed by atoms with Gasteiger partial charge in [0.1, 0.15) is 12.0 Å². The van der Waals surface area contributed by atoms with Crippen molar-refractivity contribution in [1.82, 2.24) is 9.88 Å². The van der Waals surface area contributed by atoms with Crippen LogP contribution in [0.25, 0.3) is 0 Å². The number of rotatable bonds is 5. The van der Waals surface area contributed by atoms with E-state index in [4.69, 9.17) is 9.26 Å². The number of carbonyl (C=O) groups is 1. The molecule has 0 bridgehead atoms. The quantitative estimate of drug-likeness (QED) is 0.647. The molecule has 9 nitrogen and oxygen atoms in total. The Morgan fingerprint density at radius 2 is 1.72 bits per heavy atom. The van der Waals surface area contributed by atoms with Crippen LogP contribution in [0.4, 0.5) is 16.2 Å². The van der Waals surface area contributed by atoms with Gasteiger partial charge in [-0.1, -0.05) is 11.2 Å². The van der Waals surface area contributed by atoms with Gasteiger partial charge in [-0.2, -0.15) is 8.42 Å². The number of nitrogens with zero attached hydrogens (tertiary/aromatic N) is 2. The van der Waals surface area contributed by atoms with Crippen molar-refractivity contribution in [2.24, 2.45) is 0 Å². The van der Waals surface area contributed by atoms with E-state index in [1.54, 1.807) is 0 Å². The molecule has 1 aromatic carbocycles. The molecule has 0 radical (unpaired) electrons. The Bertz CT molecular complexity index is 1050. The summed E-state index contributed by atoms with van der Waals surface area (Å²) < 4.78 is 40.1. The molecule has 0 unspecified atom stereocenters. The summed E-state index contributed by atoms with van der Waals surface area (Å²) in [6.07, 6.45) is 9.56. The topological polar surface area (TPSA) is 114 Å². The monoisotopic (exact) mass is 470 g/mol. The van der Waals surface area contributed by atoms with E-state index in [9.17, 15) is 13.2 Å². The summed E-state index contributed by atoms with van der Waals surface area (Å²) in [4.78, 5) is 12.9. The molecule has 1 aliphatic heterocycles. The van der Waals surface area contributed by atoms with Crippen LogP contribution in [0.2, 0.25) is 0 Å². The zero-order valence-corrected chi connectivity index (χ0v) is 18.0. The molecule has 1 saturated heterocycles. The first-order chi connectivity index (χ1) is 15.0. The van der Waals surface area contributed by atoms with Gasteiger partial charge in [-0.05, 0) is 73.6 Å². The fourth-order valence-corrected chi connectivity index (χ4v) is 6.40. The normalized spacial score (nSPS) is 17.9. The third-order valence-electron chi connectivity index (χ3n) is 6.39. The van der Waals surface area contributed by atoms with Crippen LogP contribution in [0, 0.1) is 0 Å². The minimum absolute atomic E-state index is 0. The van der Waals surface area contributed by atoms with Crippen molar-refractivity contribution in [2.45, 2.75) is 57.4 Å². The van der Waals surface area contributed by atoms with Gasteiger partial charge >= 0.3 is 45.8 Å². The number of amides is 2. The van der Waals surface area contributed by atoms with E-state index >= 15 is 0 Å². The summed E-state index contributed by atoms with van der Waals surface area (Å²) in [6.45, 7) is 0.910. The predicted octanol–water partition coefficient (Wildman–Crippen LogP) is 2.06. The van der Waals surface area contributed by atoms with E-state index < -0.39 is 16.2 Å². The Hall–Kier alpha value is -1.59. The van der Waals surface area contributed by atoms with Crippen LogP contribution >= 0.6 is 0 Å². The molecule has 11 heteroatoms. The van der Waals surface area contributed by atoms with Gasteiger partial charge in [0.15, 0.2) is 0 Å². The fraction of sp³-hybridized carbons (Fsp3) is 0.524. The summed E-state index contributed by atoms with van der Waals surface area (Å²) in [5.41, 5.74) is 5.92. The van der Waals surface area contributed by atoms with Crippen LogP contribution in [-0.2, 0) is 40.6 Å². The Kier molecular flexibility index (Phi) is 7.16. The van der Waals surface area contributed by atoms with Crippen molar-refractivity contribution in [1.29, 1.82) is 0 Å². The van der Waals surface area contributed by atoms with E-state index in [1.165, 1.54) is 27.9 Å². The van der Waals surface area contributed by atoms with E-state index in [0.29, 0.717) is 26.1 Å². The number of aromatic nitrogens is 1. The molecule has 2 N–H and O–H groups in total. The van der Waals surface area contributed by atoms with Gasteiger partial charge in [-0.25, -0.2) is 13.8 Å². The molecular formula is C21H27N4NaO5S. The second-order valence-electron chi connectivity index (χ2n) is 8.32.